The van der Waals surface area contributed by atoms with Crippen LogP contribution in [-0.4, -0.2) is 21.5 Å². The normalized spacial score (nSPS) is 15.0. The van der Waals surface area contributed by atoms with E-state index in [0.29, 0.717) is 5.69 Å². The predicted octanol–water partition coefficient (Wildman–Crippen LogP) is 3.54. The smallest absolute Gasteiger partial charge is 0.261 e. The van der Waals surface area contributed by atoms with Gasteiger partial charge in [0.25, 0.3) is 10.0 Å². The average Bonchev–Trinajstić information content (AvgIpc) is 3.01. The highest BCUT2D eigenvalue weighted by molar-refractivity contribution is 7.92. The Balaban J connectivity index is 1.96. The third kappa shape index (κ3) is 3.32. The van der Waals surface area contributed by atoms with Crippen molar-refractivity contribution in [1.82, 2.24) is 0 Å². The number of halogens is 1. The van der Waals surface area contributed by atoms with Gasteiger partial charge in [0.2, 0.25) is 0 Å². The maximum Gasteiger partial charge on any atom is 0.261 e. The lowest BCUT2D eigenvalue weighted by atomic mass is 10.2. The summed E-state index contributed by atoms with van der Waals surface area (Å²) >= 11 is 0. The van der Waals surface area contributed by atoms with E-state index in [1.54, 1.807) is 30.3 Å². The number of hydrogen-bond donors (Lipinski definition) is 1. The summed E-state index contributed by atoms with van der Waals surface area (Å²) in [5, 5.41) is 0. The second-order valence-corrected chi connectivity index (χ2v) is 7.43. The van der Waals surface area contributed by atoms with Crippen LogP contribution in [-0.2, 0) is 10.0 Å². The molecule has 0 radical (unpaired) electrons. The SMILES string of the molecule is Cc1ccc(S(=O)(=O)Nc2cccc(F)c2N2CCCC2)cc1. The molecule has 0 saturated carbocycles. The van der Waals surface area contributed by atoms with Crippen LogP contribution in [0.4, 0.5) is 15.8 Å². The zero-order valence-corrected chi connectivity index (χ0v) is 13.7. The van der Waals surface area contributed by atoms with Gasteiger partial charge < -0.3 is 4.90 Å². The Hall–Kier alpha value is -2.08. The predicted molar refractivity (Wildman–Crippen MR) is 89.8 cm³/mol. The standard InChI is InChI=1S/C17H19FN2O2S/c1-13-7-9-14(10-8-13)23(21,22)19-16-6-4-5-15(18)17(16)20-11-2-3-12-20/h4-10,19H,2-3,11-12H2,1H3. The lowest BCUT2D eigenvalue weighted by Gasteiger charge is -2.22. The van der Waals surface area contributed by atoms with E-state index in [4.69, 9.17) is 0 Å². The summed E-state index contributed by atoms with van der Waals surface area (Å²) in [6.07, 6.45) is 1.97. The van der Waals surface area contributed by atoms with Crippen LogP contribution in [0.5, 0.6) is 0 Å². The van der Waals surface area contributed by atoms with Crippen LogP contribution in [0, 0.1) is 12.7 Å². The van der Waals surface area contributed by atoms with Crippen molar-refractivity contribution in [3.05, 3.63) is 53.8 Å². The highest BCUT2D eigenvalue weighted by atomic mass is 32.2. The molecule has 1 N–H and O–H groups in total. The first-order valence-electron chi connectivity index (χ1n) is 7.60. The number of nitrogens with one attached hydrogen (secondary N) is 1. The highest BCUT2D eigenvalue weighted by Gasteiger charge is 2.23. The van der Waals surface area contributed by atoms with Gasteiger partial charge in [0.05, 0.1) is 16.3 Å². The molecule has 0 amide bonds. The molecule has 3 rings (SSSR count). The molecule has 2 aromatic carbocycles. The molecule has 4 nitrogen and oxygen atoms in total. The van der Waals surface area contributed by atoms with Gasteiger partial charge in [-0.1, -0.05) is 23.8 Å². The molecular weight excluding hydrogens is 315 g/mol. The number of sulfonamides is 1. The molecule has 0 spiro atoms. The fourth-order valence-corrected chi connectivity index (χ4v) is 3.85. The summed E-state index contributed by atoms with van der Waals surface area (Å²) in [5.74, 6) is -0.406. The summed E-state index contributed by atoms with van der Waals surface area (Å²) < 4.78 is 41.9. The molecule has 0 bridgehead atoms. The van der Waals surface area contributed by atoms with E-state index in [0.717, 1.165) is 31.5 Å². The molecule has 1 heterocycles. The lowest BCUT2D eigenvalue weighted by Crippen LogP contribution is -2.22. The van der Waals surface area contributed by atoms with Crippen LogP contribution < -0.4 is 9.62 Å². The molecule has 0 aliphatic carbocycles. The molecule has 1 aliphatic rings. The third-order valence-corrected chi connectivity index (χ3v) is 5.37. The zero-order valence-electron chi connectivity index (χ0n) is 12.9. The van der Waals surface area contributed by atoms with Crippen LogP contribution in [0.1, 0.15) is 18.4 Å². The topological polar surface area (TPSA) is 49.4 Å². The Morgan fingerprint density at radius 3 is 2.35 bits per heavy atom. The minimum absolute atomic E-state index is 0.166. The van der Waals surface area contributed by atoms with E-state index in [9.17, 15) is 12.8 Å². The van der Waals surface area contributed by atoms with E-state index in [2.05, 4.69) is 4.72 Å². The van der Waals surface area contributed by atoms with Crippen LogP contribution in [0.3, 0.4) is 0 Å². The van der Waals surface area contributed by atoms with Gasteiger partial charge in [0.15, 0.2) is 0 Å². The van der Waals surface area contributed by atoms with Gasteiger partial charge in [-0.25, -0.2) is 12.8 Å². The number of benzene rings is 2. The molecule has 6 heteroatoms. The van der Waals surface area contributed by atoms with Crippen molar-refractivity contribution in [2.45, 2.75) is 24.7 Å². The molecular formula is C17H19FN2O2S. The average molecular weight is 334 g/mol. The third-order valence-electron chi connectivity index (χ3n) is 3.98. The summed E-state index contributed by atoms with van der Waals surface area (Å²) in [7, 11) is -3.74. The molecule has 1 fully saturated rings. The van der Waals surface area contributed by atoms with Crippen molar-refractivity contribution in [2.24, 2.45) is 0 Å². The van der Waals surface area contributed by atoms with Crippen LogP contribution in [0.15, 0.2) is 47.4 Å². The Labute approximate surface area is 136 Å². The number of aryl methyl sites for hydroxylation is 1. The Bertz CT molecular complexity index is 798. The summed E-state index contributed by atoms with van der Waals surface area (Å²) in [6, 6.07) is 11.0. The van der Waals surface area contributed by atoms with Gasteiger partial charge in [-0.3, -0.25) is 4.72 Å². The van der Waals surface area contributed by atoms with Crippen LogP contribution in [0.25, 0.3) is 0 Å². The first-order valence-corrected chi connectivity index (χ1v) is 9.09. The molecule has 23 heavy (non-hydrogen) atoms. The fourth-order valence-electron chi connectivity index (χ4n) is 2.78. The quantitative estimate of drug-likeness (QED) is 0.930. The van der Waals surface area contributed by atoms with E-state index in [1.807, 2.05) is 11.8 Å². The molecule has 1 aliphatic heterocycles. The maximum absolute atomic E-state index is 14.3. The minimum atomic E-state index is -3.74. The van der Waals surface area contributed by atoms with Crippen molar-refractivity contribution < 1.29 is 12.8 Å². The zero-order chi connectivity index (χ0) is 16.4. The molecule has 122 valence electrons. The van der Waals surface area contributed by atoms with Gasteiger partial charge in [-0.15, -0.1) is 0 Å². The molecule has 2 aromatic rings. The van der Waals surface area contributed by atoms with Gasteiger partial charge in [-0.05, 0) is 44.0 Å². The summed E-state index contributed by atoms with van der Waals surface area (Å²) in [4.78, 5) is 2.06. The van der Waals surface area contributed by atoms with E-state index < -0.39 is 15.8 Å². The van der Waals surface area contributed by atoms with Gasteiger partial charge >= 0.3 is 0 Å². The fraction of sp³-hybridized carbons (Fsp3) is 0.294. The number of nitrogens with zero attached hydrogens (tertiary/aromatic N) is 1. The minimum Gasteiger partial charge on any atom is -0.367 e. The Kier molecular flexibility index (Phi) is 4.26. The van der Waals surface area contributed by atoms with Gasteiger partial charge in [0, 0.05) is 13.1 Å². The number of anilines is 2. The molecule has 0 unspecified atom stereocenters. The van der Waals surface area contributed by atoms with E-state index in [1.165, 1.54) is 12.1 Å². The van der Waals surface area contributed by atoms with Gasteiger partial charge in [0.1, 0.15) is 5.82 Å². The van der Waals surface area contributed by atoms with Crippen LogP contribution >= 0.6 is 0 Å². The molecule has 1 saturated heterocycles. The van der Waals surface area contributed by atoms with Crippen molar-refractivity contribution >= 4 is 21.4 Å². The van der Waals surface area contributed by atoms with Gasteiger partial charge in [-0.2, -0.15) is 0 Å². The highest BCUT2D eigenvalue weighted by Crippen LogP contribution is 2.33. The van der Waals surface area contributed by atoms with Crippen LogP contribution in [0.2, 0.25) is 0 Å². The van der Waals surface area contributed by atoms with Crippen molar-refractivity contribution in [2.75, 3.05) is 22.7 Å². The summed E-state index contributed by atoms with van der Waals surface area (Å²) in [5.41, 5.74) is 1.60. The molecule has 0 atom stereocenters. The number of rotatable bonds is 4. The van der Waals surface area contributed by atoms with Crippen molar-refractivity contribution in [3.8, 4) is 0 Å². The maximum atomic E-state index is 14.3. The number of hydrogen-bond acceptors (Lipinski definition) is 3. The summed E-state index contributed by atoms with van der Waals surface area (Å²) in [6.45, 7) is 3.36. The second-order valence-electron chi connectivity index (χ2n) is 5.75. The van der Waals surface area contributed by atoms with Crippen molar-refractivity contribution in [1.29, 1.82) is 0 Å². The Morgan fingerprint density at radius 1 is 1.04 bits per heavy atom. The lowest BCUT2D eigenvalue weighted by molar-refractivity contribution is 0.601. The van der Waals surface area contributed by atoms with E-state index in [-0.39, 0.29) is 10.6 Å². The monoisotopic (exact) mass is 334 g/mol. The first kappa shape index (κ1) is 15.8. The number of para-hydroxylation sites is 1. The van der Waals surface area contributed by atoms with E-state index >= 15 is 0 Å². The largest absolute Gasteiger partial charge is 0.367 e. The second kappa shape index (κ2) is 6.20. The molecule has 0 aromatic heterocycles. The Morgan fingerprint density at radius 2 is 1.70 bits per heavy atom. The first-order chi connectivity index (χ1) is 11.0. The van der Waals surface area contributed by atoms with Crippen molar-refractivity contribution in [3.63, 3.8) is 0 Å².